The van der Waals surface area contributed by atoms with Crippen LogP contribution in [0.2, 0.25) is 5.02 Å². The predicted octanol–water partition coefficient (Wildman–Crippen LogP) is 2.63. The third-order valence-corrected chi connectivity index (χ3v) is 3.21. The van der Waals surface area contributed by atoms with Crippen molar-refractivity contribution in [1.82, 2.24) is 4.90 Å². The quantitative estimate of drug-likeness (QED) is 0.881. The fraction of sp³-hybridized carbons (Fsp3) is 0.417. The molecule has 1 aromatic rings. The van der Waals surface area contributed by atoms with E-state index in [4.69, 9.17) is 16.7 Å². The molecule has 0 aromatic heterocycles. The SMILES string of the molecule is CN(Cc1ccccc1Cl)C(C)(C)C(=O)O. The second-order valence-corrected chi connectivity index (χ2v) is 4.72. The van der Waals surface area contributed by atoms with Crippen molar-refractivity contribution in [3.8, 4) is 0 Å². The van der Waals surface area contributed by atoms with Gasteiger partial charge in [-0.05, 0) is 32.5 Å². The van der Waals surface area contributed by atoms with Crippen LogP contribution < -0.4 is 0 Å². The maximum atomic E-state index is 11.1. The Hall–Kier alpha value is -1.06. The predicted molar refractivity (Wildman–Crippen MR) is 64.6 cm³/mol. The number of rotatable bonds is 4. The molecule has 0 radical (unpaired) electrons. The van der Waals surface area contributed by atoms with Gasteiger partial charge in [0.05, 0.1) is 0 Å². The number of nitrogens with zero attached hydrogens (tertiary/aromatic N) is 1. The fourth-order valence-corrected chi connectivity index (χ4v) is 1.44. The summed E-state index contributed by atoms with van der Waals surface area (Å²) in [7, 11) is 1.78. The van der Waals surface area contributed by atoms with E-state index in [1.807, 2.05) is 18.2 Å². The molecule has 1 aromatic carbocycles. The summed E-state index contributed by atoms with van der Waals surface area (Å²) in [6.07, 6.45) is 0. The van der Waals surface area contributed by atoms with Crippen LogP contribution in [-0.4, -0.2) is 28.6 Å². The van der Waals surface area contributed by atoms with E-state index in [1.165, 1.54) is 0 Å². The Morgan fingerprint density at radius 2 is 2.00 bits per heavy atom. The van der Waals surface area contributed by atoms with Crippen LogP contribution in [0.3, 0.4) is 0 Å². The zero-order chi connectivity index (χ0) is 12.3. The third-order valence-electron chi connectivity index (χ3n) is 2.84. The molecule has 16 heavy (non-hydrogen) atoms. The summed E-state index contributed by atoms with van der Waals surface area (Å²) in [5, 5.41) is 9.75. The molecule has 0 amide bonds. The van der Waals surface area contributed by atoms with Gasteiger partial charge >= 0.3 is 5.97 Å². The number of aliphatic carboxylic acids is 1. The molecule has 0 aliphatic heterocycles. The minimum absolute atomic E-state index is 0.513. The summed E-state index contributed by atoms with van der Waals surface area (Å²) in [6, 6.07) is 7.45. The molecule has 0 aliphatic rings. The summed E-state index contributed by atoms with van der Waals surface area (Å²) >= 11 is 6.02. The molecule has 0 saturated carbocycles. The minimum Gasteiger partial charge on any atom is -0.480 e. The van der Waals surface area contributed by atoms with Gasteiger partial charge < -0.3 is 5.11 Å². The Bertz CT molecular complexity index is 390. The highest BCUT2D eigenvalue weighted by atomic mass is 35.5. The highest BCUT2D eigenvalue weighted by molar-refractivity contribution is 6.31. The first-order valence-corrected chi connectivity index (χ1v) is 5.41. The zero-order valence-electron chi connectivity index (χ0n) is 9.70. The van der Waals surface area contributed by atoms with Gasteiger partial charge in [-0.25, -0.2) is 0 Å². The number of halogens is 1. The Labute approximate surface area is 101 Å². The van der Waals surface area contributed by atoms with Crippen molar-refractivity contribution >= 4 is 17.6 Å². The van der Waals surface area contributed by atoms with Gasteiger partial charge in [-0.2, -0.15) is 0 Å². The highest BCUT2D eigenvalue weighted by Gasteiger charge is 2.31. The molecule has 0 atom stereocenters. The molecule has 0 unspecified atom stereocenters. The minimum atomic E-state index is -0.904. The lowest BCUT2D eigenvalue weighted by Crippen LogP contribution is -2.47. The first-order valence-electron chi connectivity index (χ1n) is 5.03. The van der Waals surface area contributed by atoms with Crippen LogP contribution in [0.4, 0.5) is 0 Å². The molecule has 3 nitrogen and oxygen atoms in total. The fourth-order valence-electron chi connectivity index (χ4n) is 1.24. The maximum absolute atomic E-state index is 11.1. The van der Waals surface area contributed by atoms with Crippen LogP contribution in [0.5, 0.6) is 0 Å². The summed E-state index contributed by atoms with van der Waals surface area (Å²) in [5.74, 6) is -0.845. The Balaban J connectivity index is 2.83. The number of carbonyl (C=O) groups is 1. The van der Waals surface area contributed by atoms with E-state index >= 15 is 0 Å². The molecular formula is C12H16ClNO2. The molecular weight excluding hydrogens is 226 g/mol. The largest absolute Gasteiger partial charge is 0.480 e. The molecule has 0 spiro atoms. The summed E-state index contributed by atoms with van der Waals surface area (Å²) in [4.78, 5) is 12.8. The van der Waals surface area contributed by atoms with Gasteiger partial charge in [0.25, 0.3) is 0 Å². The van der Waals surface area contributed by atoms with E-state index in [-0.39, 0.29) is 0 Å². The van der Waals surface area contributed by atoms with Crippen LogP contribution in [-0.2, 0) is 11.3 Å². The third kappa shape index (κ3) is 2.74. The number of benzene rings is 1. The molecule has 88 valence electrons. The molecule has 0 heterocycles. The smallest absolute Gasteiger partial charge is 0.323 e. The molecule has 1 rings (SSSR count). The van der Waals surface area contributed by atoms with Crippen molar-refractivity contribution in [2.24, 2.45) is 0 Å². The van der Waals surface area contributed by atoms with Crippen molar-refractivity contribution < 1.29 is 9.90 Å². The number of hydrogen-bond donors (Lipinski definition) is 1. The van der Waals surface area contributed by atoms with Crippen molar-refractivity contribution in [1.29, 1.82) is 0 Å². The van der Waals surface area contributed by atoms with Crippen LogP contribution in [0, 0.1) is 0 Å². The summed E-state index contributed by atoms with van der Waals surface area (Å²) in [6.45, 7) is 3.86. The molecule has 1 N–H and O–H groups in total. The Morgan fingerprint density at radius 1 is 1.44 bits per heavy atom. The van der Waals surface area contributed by atoms with Gasteiger partial charge in [0.2, 0.25) is 0 Å². The van der Waals surface area contributed by atoms with Gasteiger partial charge in [0.1, 0.15) is 5.54 Å². The number of hydrogen-bond acceptors (Lipinski definition) is 2. The van der Waals surface area contributed by atoms with Crippen LogP contribution >= 0.6 is 11.6 Å². The van der Waals surface area contributed by atoms with E-state index in [1.54, 1.807) is 31.9 Å². The molecule has 4 heteroatoms. The standard InChI is InChI=1S/C12H16ClNO2/c1-12(2,11(15)16)14(3)8-9-6-4-5-7-10(9)13/h4-7H,8H2,1-3H3,(H,15,16). The molecule has 0 fully saturated rings. The average molecular weight is 242 g/mol. The number of carboxylic acid groups (broad SMARTS) is 1. The topological polar surface area (TPSA) is 40.5 Å². The molecule has 0 aliphatic carbocycles. The van der Waals surface area contributed by atoms with Gasteiger partial charge in [0, 0.05) is 11.6 Å². The Kier molecular flexibility index (Phi) is 3.94. The summed E-state index contributed by atoms with van der Waals surface area (Å²) < 4.78 is 0. The van der Waals surface area contributed by atoms with E-state index in [2.05, 4.69) is 0 Å². The van der Waals surface area contributed by atoms with Crippen molar-refractivity contribution in [3.63, 3.8) is 0 Å². The van der Waals surface area contributed by atoms with E-state index in [0.717, 1.165) is 5.56 Å². The number of carboxylic acids is 1. The lowest BCUT2D eigenvalue weighted by atomic mass is 10.0. The normalized spacial score (nSPS) is 11.8. The maximum Gasteiger partial charge on any atom is 0.323 e. The number of likely N-dealkylation sites (N-methyl/N-ethyl adjacent to an activating group) is 1. The monoisotopic (exact) mass is 241 g/mol. The van der Waals surface area contributed by atoms with Crippen LogP contribution in [0.25, 0.3) is 0 Å². The second kappa shape index (κ2) is 4.85. The first-order chi connectivity index (χ1) is 7.35. The Morgan fingerprint density at radius 3 is 2.50 bits per heavy atom. The first kappa shape index (κ1) is 13.0. The average Bonchev–Trinajstić information content (AvgIpc) is 2.21. The van der Waals surface area contributed by atoms with E-state index in [0.29, 0.717) is 11.6 Å². The van der Waals surface area contributed by atoms with Crippen molar-refractivity contribution in [3.05, 3.63) is 34.9 Å². The summed E-state index contributed by atoms with van der Waals surface area (Å²) in [5.41, 5.74) is 0.0279. The second-order valence-electron chi connectivity index (χ2n) is 4.31. The van der Waals surface area contributed by atoms with Gasteiger partial charge in [-0.1, -0.05) is 29.8 Å². The van der Waals surface area contributed by atoms with Gasteiger partial charge in [0.15, 0.2) is 0 Å². The van der Waals surface area contributed by atoms with Gasteiger partial charge in [-0.15, -0.1) is 0 Å². The van der Waals surface area contributed by atoms with Crippen molar-refractivity contribution in [2.45, 2.75) is 25.9 Å². The van der Waals surface area contributed by atoms with Crippen LogP contribution in [0.15, 0.2) is 24.3 Å². The highest BCUT2D eigenvalue weighted by Crippen LogP contribution is 2.21. The zero-order valence-corrected chi connectivity index (χ0v) is 10.5. The lowest BCUT2D eigenvalue weighted by Gasteiger charge is -2.31. The van der Waals surface area contributed by atoms with Crippen molar-refractivity contribution in [2.75, 3.05) is 7.05 Å². The molecule has 0 bridgehead atoms. The van der Waals surface area contributed by atoms with E-state index < -0.39 is 11.5 Å². The molecule has 0 saturated heterocycles. The van der Waals surface area contributed by atoms with Gasteiger partial charge in [-0.3, -0.25) is 9.69 Å². The lowest BCUT2D eigenvalue weighted by molar-refractivity contribution is -0.148. The van der Waals surface area contributed by atoms with E-state index in [9.17, 15) is 4.79 Å². The van der Waals surface area contributed by atoms with Crippen LogP contribution in [0.1, 0.15) is 19.4 Å².